The Labute approximate surface area is 212 Å². The van der Waals surface area contributed by atoms with Crippen LogP contribution in [0.25, 0.3) is 10.8 Å². The van der Waals surface area contributed by atoms with Gasteiger partial charge >= 0.3 is 0 Å². The second-order valence-electron chi connectivity index (χ2n) is 8.46. The number of nitrogens with one attached hydrogen (secondary N) is 1. The monoisotopic (exact) mass is 511 g/mol. The van der Waals surface area contributed by atoms with Gasteiger partial charge in [0, 0.05) is 18.5 Å². The Balaban J connectivity index is 2.03. The first kappa shape index (κ1) is 27.0. The van der Waals surface area contributed by atoms with E-state index in [0.717, 1.165) is 21.5 Å². The summed E-state index contributed by atoms with van der Waals surface area (Å²) in [7, 11) is -2.26. The number of carbonyl (C=O) groups excluding carboxylic acids is 2. The predicted octanol–water partition coefficient (Wildman–Crippen LogP) is 3.56. The zero-order chi connectivity index (χ0) is 26.3. The van der Waals surface area contributed by atoms with Crippen LogP contribution < -0.4 is 14.4 Å². The third kappa shape index (κ3) is 6.34. The number of nitrogens with zero attached hydrogens (tertiary/aromatic N) is 2. The van der Waals surface area contributed by atoms with Crippen molar-refractivity contribution in [3.05, 3.63) is 72.3 Å². The molecule has 0 fully saturated rings. The summed E-state index contributed by atoms with van der Waals surface area (Å²) in [6.45, 7) is 3.74. The van der Waals surface area contributed by atoms with E-state index >= 15 is 0 Å². The van der Waals surface area contributed by atoms with Crippen LogP contribution in [-0.2, 0) is 26.2 Å². The lowest BCUT2D eigenvalue weighted by Gasteiger charge is -2.33. The summed E-state index contributed by atoms with van der Waals surface area (Å²) < 4.78 is 32.2. The Hall–Kier alpha value is -3.59. The topological polar surface area (TPSA) is 96.0 Å². The van der Waals surface area contributed by atoms with Gasteiger partial charge in [-0.1, -0.05) is 55.5 Å². The number of carbonyl (C=O) groups is 2. The number of methoxy groups -OCH3 is 1. The minimum atomic E-state index is -3.82. The molecule has 192 valence electrons. The van der Waals surface area contributed by atoms with Gasteiger partial charge < -0.3 is 15.0 Å². The van der Waals surface area contributed by atoms with E-state index in [2.05, 4.69) is 5.32 Å². The molecular weight excluding hydrogens is 478 g/mol. The van der Waals surface area contributed by atoms with Crippen molar-refractivity contribution in [1.82, 2.24) is 10.2 Å². The van der Waals surface area contributed by atoms with E-state index in [1.165, 1.54) is 4.90 Å². The molecule has 36 heavy (non-hydrogen) atoms. The maximum atomic E-state index is 13.8. The van der Waals surface area contributed by atoms with Crippen LogP contribution in [0.15, 0.2) is 66.7 Å². The molecule has 3 rings (SSSR count). The number of rotatable bonds is 11. The van der Waals surface area contributed by atoms with Crippen LogP contribution in [-0.4, -0.2) is 57.6 Å². The molecule has 3 aromatic carbocycles. The molecule has 0 aliphatic carbocycles. The fourth-order valence-corrected chi connectivity index (χ4v) is 5.06. The van der Waals surface area contributed by atoms with E-state index in [1.54, 1.807) is 31.4 Å². The first-order chi connectivity index (χ1) is 17.2. The van der Waals surface area contributed by atoms with Crippen LogP contribution in [0.1, 0.15) is 25.8 Å². The summed E-state index contributed by atoms with van der Waals surface area (Å²) in [6, 6.07) is 19.2. The predicted molar refractivity (Wildman–Crippen MR) is 142 cm³/mol. The molecule has 3 aromatic rings. The van der Waals surface area contributed by atoms with Crippen molar-refractivity contribution >= 4 is 38.3 Å². The van der Waals surface area contributed by atoms with E-state index in [4.69, 9.17) is 4.74 Å². The van der Waals surface area contributed by atoms with Crippen LogP contribution in [0.4, 0.5) is 5.69 Å². The molecule has 2 amide bonds. The number of anilines is 1. The van der Waals surface area contributed by atoms with Crippen LogP contribution in [0.5, 0.6) is 5.75 Å². The van der Waals surface area contributed by atoms with Gasteiger partial charge in [0.25, 0.3) is 0 Å². The maximum Gasteiger partial charge on any atom is 0.244 e. The summed E-state index contributed by atoms with van der Waals surface area (Å²) >= 11 is 0. The molecule has 0 spiro atoms. The van der Waals surface area contributed by atoms with Crippen LogP contribution in [0, 0.1) is 0 Å². The fourth-order valence-electron chi connectivity index (χ4n) is 4.20. The Morgan fingerprint density at radius 1 is 1.00 bits per heavy atom. The summed E-state index contributed by atoms with van der Waals surface area (Å²) in [5.74, 6) is -0.138. The molecule has 0 bridgehead atoms. The number of amides is 2. The first-order valence-corrected chi connectivity index (χ1v) is 13.7. The van der Waals surface area contributed by atoms with Gasteiger partial charge in [-0.05, 0) is 42.5 Å². The highest BCUT2D eigenvalue weighted by Gasteiger charge is 2.32. The van der Waals surface area contributed by atoms with Gasteiger partial charge in [-0.15, -0.1) is 0 Å². The Bertz CT molecular complexity index is 1320. The van der Waals surface area contributed by atoms with Crippen molar-refractivity contribution in [1.29, 1.82) is 0 Å². The van der Waals surface area contributed by atoms with E-state index in [0.29, 0.717) is 29.8 Å². The molecule has 0 saturated heterocycles. The molecule has 0 heterocycles. The summed E-state index contributed by atoms with van der Waals surface area (Å²) in [5, 5.41) is 4.37. The number of ether oxygens (including phenoxy) is 1. The minimum absolute atomic E-state index is 0.124. The Morgan fingerprint density at radius 3 is 2.36 bits per heavy atom. The van der Waals surface area contributed by atoms with Crippen LogP contribution in [0.2, 0.25) is 0 Å². The normalized spacial score (nSPS) is 12.1. The number of likely N-dealkylation sites (N-methyl/N-ethyl adjacent to an activating group) is 1. The summed E-state index contributed by atoms with van der Waals surface area (Å²) in [5.41, 5.74) is 1.18. The Morgan fingerprint density at radius 2 is 1.69 bits per heavy atom. The summed E-state index contributed by atoms with van der Waals surface area (Å²) in [6.07, 6.45) is 1.45. The van der Waals surface area contributed by atoms with Crippen molar-refractivity contribution in [2.24, 2.45) is 0 Å². The van der Waals surface area contributed by atoms with Crippen molar-refractivity contribution in [2.75, 3.05) is 30.8 Å². The highest BCUT2D eigenvalue weighted by Crippen LogP contribution is 2.29. The van der Waals surface area contributed by atoms with Crippen LogP contribution >= 0.6 is 0 Å². The lowest BCUT2D eigenvalue weighted by molar-refractivity contribution is -0.140. The third-order valence-corrected chi connectivity index (χ3v) is 7.06. The van der Waals surface area contributed by atoms with Gasteiger partial charge in [0.2, 0.25) is 21.8 Å². The van der Waals surface area contributed by atoms with Crippen molar-refractivity contribution < 1.29 is 22.7 Å². The highest BCUT2D eigenvalue weighted by atomic mass is 32.2. The van der Waals surface area contributed by atoms with Crippen molar-refractivity contribution in [2.45, 2.75) is 32.9 Å². The molecule has 0 aliphatic heterocycles. The number of hydrogen-bond donors (Lipinski definition) is 1. The SMILES string of the molecule is CCNC(=O)C(CC)N(Cc1cccc(OC)c1)C(=O)CN(c1cccc2ccccc12)S(C)(=O)=O. The molecule has 0 saturated carbocycles. The smallest absolute Gasteiger partial charge is 0.244 e. The molecular formula is C27H33N3O5S. The minimum Gasteiger partial charge on any atom is -0.497 e. The average molecular weight is 512 g/mol. The van der Waals surface area contributed by atoms with Gasteiger partial charge in [0.05, 0.1) is 19.1 Å². The molecule has 1 unspecified atom stereocenters. The summed E-state index contributed by atoms with van der Waals surface area (Å²) in [4.78, 5) is 28.1. The van der Waals surface area contributed by atoms with Gasteiger partial charge in [-0.3, -0.25) is 13.9 Å². The third-order valence-electron chi connectivity index (χ3n) is 5.94. The lowest BCUT2D eigenvalue weighted by Crippen LogP contribution is -2.52. The number of fused-ring (bicyclic) bond motifs is 1. The molecule has 0 aromatic heterocycles. The molecule has 0 aliphatic rings. The molecule has 8 nitrogen and oxygen atoms in total. The maximum absolute atomic E-state index is 13.8. The van der Waals surface area contributed by atoms with E-state index in [9.17, 15) is 18.0 Å². The number of hydrogen-bond acceptors (Lipinski definition) is 5. The number of sulfonamides is 1. The molecule has 1 atom stereocenters. The second kappa shape index (κ2) is 11.9. The van der Waals surface area contributed by atoms with Crippen molar-refractivity contribution in [3.63, 3.8) is 0 Å². The zero-order valence-corrected chi connectivity index (χ0v) is 21.9. The molecule has 9 heteroatoms. The van der Waals surface area contributed by atoms with Gasteiger partial charge in [-0.2, -0.15) is 0 Å². The molecule has 1 N–H and O–H groups in total. The molecule has 0 radical (unpaired) electrons. The van der Waals surface area contributed by atoms with Gasteiger partial charge in [0.1, 0.15) is 18.3 Å². The quantitative estimate of drug-likeness (QED) is 0.425. The van der Waals surface area contributed by atoms with Crippen LogP contribution in [0.3, 0.4) is 0 Å². The Kier molecular flexibility index (Phi) is 8.93. The number of benzene rings is 3. The van der Waals surface area contributed by atoms with Gasteiger partial charge in [0.15, 0.2) is 0 Å². The first-order valence-electron chi connectivity index (χ1n) is 11.8. The van der Waals surface area contributed by atoms with E-state index < -0.39 is 28.5 Å². The lowest BCUT2D eigenvalue weighted by atomic mass is 10.1. The zero-order valence-electron chi connectivity index (χ0n) is 21.1. The van der Waals surface area contributed by atoms with E-state index in [1.807, 2.05) is 56.3 Å². The van der Waals surface area contributed by atoms with Gasteiger partial charge in [-0.25, -0.2) is 8.42 Å². The highest BCUT2D eigenvalue weighted by molar-refractivity contribution is 7.92. The largest absolute Gasteiger partial charge is 0.497 e. The standard InChI is InChI=1S/C27H33N3O5S/c1-5-24(27(32)28-6-2)29(18-20-11-9-14-22(17-20)35-3)26(31)19-30(36(4,33)34)25-16-10-13-21-12-7-8-15-23(21)25/h7-17,24H,5-6,18-19H2,1-4H3,(H,28,32). The van der Waals surface area contributed by atoms with E-state index in [-0.39, 0.29) is 12.5 Å². The van der Waals surface area contributed by atoms with Crippen molar-refractivity contribution in [3.8, 4) is 5.75 Å². The fraction of sp³-hybridized carbons (Fsp3) is 0.333. The average Bonchev–Trinajstić information content (AvgIpc) is 2.86. The second-order valence-corrected chi connectivity index (χ2v) is 10.4.